The minimum absolute atomic E-state index is 0.184. The Hall–Kier alpha value is -4.08. The van der Waals surface area contributed by atoms with Crippen LogP contribution in [0.2, 0.25) is 0 Å². The van der Waals surface area contributed by atoms with E-state index < -0.39 is 34.6 Å². The Morgan fingerprint density at radius 2 is 1.66 bits per heavy atom. The van der Waals surface area contributed by atoms with Crippen molar-refractivity contribution in [1.82, 2.24) is 14.3 Å². The van der Waals surface area contributed by atoms with Gasteiger partial charge < -0.3 is 10.1 Å². The number of amides is 1. The number of ether oxygens (including phenoxy) is 1. The molecule has 0 bridgehead atoms. The van der Waals surface area contributed by atoms with Crippen LogP contribution in [0.15, 0.2) is 58.1 Å². The van der Waals surface area contributed by atoms with E-state index in [-0.39, 0.29) is 11.3 Å². The van der Waals surface area contributed by atoms with Crippen LogP contribution in [0.5, 0.6) is 0 Å². The van der Waals surface area contributed by atoms with Crippen molar-refractivity contribution in [2.45, 2.75) is 0 Å². The summed E-state index contributed by atoms with van der Waals surface area (Å²) in [6.07, 6.45) is 0. The van der Waals surface area contributed by atoms with Crippen LogP contribution >= 0.6 is 0 Å². The summed E-state index contributed by atoms with van der Waals surface area (Å²) in [4.78, 5) is 48.7. The summed E-state index contributed by atoms with van der Waals surface area (Å²) < 4.78 is 19.3. The van der Waals surface area contributed by atoms with Crippen molar-refractivity contribution < 1.29 is 18.7 Å². The number of rotatable bonds is 4. The highest BCUT2D eigenvalue weighted by molar-refractivity contribution is 6.02. The summed E-state index contributed by atoms with van der Waals surface area (Å²) >= 11 is 0. The number of hydrogen-bond donors (Lipinski definition) is 1. The lowest BCUT2D eigenvalue weighted by molar-refractivity contribution is 0.0600. The number of anilines is 1. The molecule has 0 unspecified atom stereocenters. The first-order valence-corrected chi connectivity index (χ1v) is 8.28. The Balaban J connectivity index is 1.96. The summed E-state index contributed by atoms with van der Waals surface area (Å²) in [7, 11) is 2.45. The van der Waals surface area contributed by atoms with Crippen molar-refractivity contribution in [3.8, 4) is 5.69 Å². The fourth-order valence-corrected chi connectivity index (χ4v) is 2.46. The molecule has 0 spiro atoms. The van der Waals surface area contributed by atoms with E-state index in [1.807, 2.05) is 0 Å². The Kier molecular flexibility index (Phi) is 5.35. The van der Waals surface area contributed by atoms with Crippen LogP contribution < -0.4 is 16.6 Å². The van der Waals surface area contributed by atoms with Crippen LogP contribution in [0.1, 0.15) is 20.8 Å². The summed E-state index contributed by atoms with van der Waals surface area (Å²) in [5.74, 6) is -1.91. The fraction of sp³-hybridized carbons (Fsp3) is 0.105. The van der Waals surface area contributed by atoms with Gasteiger partial charge >= 0.3 is 11.7 Å². The molecule has 1 amide bonds. The van der Waals surface area contributed by atoms with Gasteiger partial charge in [-0.1, -0.05) is 0 Å². The lowest BCUT2D eigenvalue weighted by atomic mass is 10.2. The molecule has 3 rings (SSSR count). The van der Waals surface area contributed by atoms with Gasteiger partial charge in [0, 0.05) is 12.7 Å². The number of aromatic nitrogens is 3. The minimum atomic E-state index is -0.892. The molecular formula is C19H15FN4O5. The van der Waals surface area contributed by atoms with E-state index >= 15 is 0 Å². The summed E-state index contributed by atoms with van der Waals surface area (Å²) in [5, 5.41) is 6.33. The fourth-order valence-electron chi connectivity index (χ4n) is 2.46. The Morgan fingerprint density at radius 1 is 1.03 bits per heavy atom. The van der Waals surface area contributed by atoms with Crippen LogP contribution in [0, 0.1) is 5.82 Å². The highest BCUT2D eigenvalue weighted by atomic mass is 19.1. The van der Waals surface area contributed by atoms with Crippen molar-refractivity contribution in [3.05, 3.63) is 86.4 Å². The van der Waals surface area contributed by atoms with Gasteiger partial charge in [-0.3, -0.25) is 14.2 Å². The zero-order valence-electron chi connectivity index (χ0n) is 15.4. The van der Waals surface area contributed by atoms with Gasteiger partial charge in [-0.25, -0.2) is 14.0 Å². The lowest BCUT2D eigenvalue weighted by Gasteiger charge is -2.10. The Labute approximate surface area is 163 Å². The smallest absolute Gasteiger partial charge is 0.351 e. The van der Waals surface area contributed by atoms with Crippen LogP contribution in [0.4, 0.5) is 10.1 Å². The first kappa shape index (κ1) is 19.7. The molecule has 3 aromatic rings. The number of carbonyl (C=O) groups is 2. The van der Waals surface area contributed by atoms with E-state index in [0.29, 0.717) is 5.69 Å². The normalized spacial score (nSPS) is 10.4. The standard InChI is InChI=1S/C19H15FN4O5/c1-23-17(26)15(22-24(19(23)28)14-9-5-12(20)6-10-14)16(25)21-13-7-3-11(4-8-13)18(27)29-2/h3-10H,1-2H3,(H,21,25). The first-order chi connectivity index (χ1) is 13.8. The number of methoxy groups -OCH3 is 1. The van der Waals surface area contributed by atoms with Crippen LogP contribution in [-0.2, 0) is 11.8 Å². The van der Waals surface area contributed by atoms with Gasteiger partial charge in [-0.2, -0.15) is 9.78 Å². The largest absolute Gasteiger partial charge is 0.465 e. The molecule has 29 heavy (non-hydrogen) atoms. The molecule has 0 saturated heterocycles. The maximum Gasteiger partial charge on any atom is 0.351 e. The van der Waals surface area contributed by atoms with Crippen molar-refractivity contribution in [2.24, 2.45) is 7.05 Å². The van der Waals surface area contributed by atoms with E-state index in [9.17, 15) is 23.6 Å². The Morgan fingerprint density at radius 3 is 2.24 bits per heavy atom. The predicted octanol–water partition coefficient (Wildman–Crippen LogP) is 1.11. The van der Waals surface area contributed by atoms with Gasteiger partial charge in [0.15, 0.2) is 0 Å². The molecule has 0 aliphatic carbocycles. The van der Waals surface area contributed by atoms with Crippen LogP contribution in [0.25, 0.3) is 5.69 Å². The highest BCUT2D eigenvalue weighted by Gasteiger charge is 2.19. The molecule has 1 N–H and O–H groups in total. The minimum Gasteiger partial charge on any atom is -0.465 e. The maximum atomic E-state index is 13.1. The number of nitrogens with zero attached hydrogens (tertiary/aromatic N) is 3. The zero-order valence-corrected chi connectivity index (χ0v) is 15.4. The van der Waals surface area contributed by atoms with Gasteiger partial charge in [0.1, 0.15) is 5.82 Å². The molecule has 1 heterocycles. The number of carbonyl (C=O) groups excluding carboxylic acids is 2. The number of benzene rings is 2. The third-order valence-corrected chi connectivity index (χ3v) is 4.03. The van der Waals surface area contributed by atoms with Crippen LogP contribution in [-0.4, -0.2) is 33.3 Å². The van der Waals surface area contributed by atoms with Crippen molar-refractivity contribution in [3.63, 3.8) is 0 Å². The zero-order chi connectivity index (χ0) is 21.1. The van der Waals surface area contributed by atoms with Crippen molar-refractivity contribution in [1.29, 1.82) is 0 Å². The summed E-state index contributed by atoms with van der Waals surface area (Å²) in [6, 6.07) is 10.6. The van der Waals surface area contributed by atoms with E-state index in [1.165, 1.54) is 50.6 Å². The van der Waals surface area contributed by atoms with Gasteiger partial charge in [0.25, 0.3) is 11.5 Å². The van der Waals surface area contributed by atoms with Crippen molar-refractivity contribution in [2.75, 3.05) is 12.4 Å². The molecule has 148 valence electrons. The topological polar surface area (TPSA) is 112 Å². The molecule has 1 aromatic heterocycles. The SMILES string of the molecule is COC(=O)c1ccc(NC(=O)c2nn(-c3ccc(F)cc3)c(=O)n(C)c2=O)cc1. The molecular weight excluding hydrogens is 383 g/mol. The molecule has 9 nitrogen and oxygen atoms in total. The predicted molar refractivity (Wildman–Crippen MR) is 101 cm³/mol. The van der Waals surface area contributed by atoms with Gasteiger partial charge in [-0.05, 0) is 48.5 Å². The molecule has 0 aliphatic heterocycles. The van der Waals surface area contributed by atoms with Crippen molar-refractivity contribution >= 4 is 17.6 Å². The second-order valence-electron chi connectivity index (χ2n) is 5.91. The maximum absolute atomic E-state index is 13.1. The Bertz CT molecular complexity index is 1200. The van der Waals surface area contributed by atoms with Gasteiger partial charge in [-0.15, -0.1) is 0 Å². The number of halogens is 1. The average molecular weight is 398 g/mol. The molecule has 0 atom stereocenters. The molecule has 0 radical (unpaired) electrons. The third-order valence-electron chi connectivity index (χ3n) is 4.03. The molecule has 10 heteroatoms. The highest BCUT2D eigenvalue weighted by Crippen LogP contribution is 2.11. The lowest BCUT2D eigenvalue weighted by Crippen LogP contribution is -2.43. The van der Waals surface area contributed by atoms with E-state index in [2.05, 4.69) is 15.2 Å². The van der Waals surface area contributed by atoms with Gasteiger partial charge in [0.2, 0.25) is 5.69 Å². The summed E-state index contributed by atoms with van der Waals surface area (Å²) in [6.45, 7) is 0. The van der Waals surface area contributed by atoms with Crippen LogP contribution in [0.3, 0.4) is 0 Å². The van der Waals surface area contributed by atoms with E-state index in [0.717, 1.165) is 21.4 Å². The van der Waals surface area contributed by atoms with E-state index in [1.54, 1.807) is 0 Å². The molecule has 2 aromatic carbocycles. The first-order valence-electron chi connectivity index (χ1n) is 8.28. The van der Waals surface area contributed by atoms with E-state index in [4.69, 9.17) is 0 Å². The second kappa shape index (κ2) is 7.89. The monoisotopic (exact) mass is 398 g/mol. The summed E-state index contributed by atoms with van der Waals surface area (Å²) in [5.41, 5.74) is -1.45. The van der Waals surface area contributed by atoms with Gasteiger partial charge in [0.05, 0.1) is 18.4 Å². The number of nitrogens with one attached hydrogen (secondary N) is 1. The average Bonchev–Trinajstić information content (AvgIpc) is 2.73. The second-order valence-corrected chi connectivity index (χ2v) is 5.91. The number of esters is 1. The molecule has 0 aliphatic rings. The quantitative estimate of drug-likeness (QED) is 0.659. The number of hydrogen-bond acceptors (Lipinski definition) is 6. The third kappa shape index (κ3) is 3.95. The molecule has 0 saturated carbocycles. The molecule has 0 fully saturated rings.